The fraction of sp³-hybridized carbons (Fsp3) is 0.500. The molecule has 0 aliphatic rings. The molecular weight excluding hydrogens is 224 g/mol. The van der Waals surface area contributed by atoms with Crippen molar-refractivity contribution in [3.8, 4) is 17.2 Å². The van der Waals surface area contributed by atoms with E-state index < -0.39 is 12.2 Å². The Hall–Kier alpha value is -1.46. The van der Waals surface area contributed by atoms with Crippen LogP contribution in [0.4, 0.5) is 0 Å². The first-order valence-electron chi connectivity index (χ1n) is 5.20. The average molecular weight is 242 g/mol. The number of methoxy groups -OCH3 is 3. The molecule has 0 saturated carbocycles. The van der Waals surface area contributed by atoms with Gasteiger partial charge in [-0.25, -0.2) is 0 Å². The Balaban J connectivity index is 3.24. The normalized spacial score (nSPS) is 14.2. The van der Waals surface area contributed by atoms with Crippen LogP contribution in [0.2, 0.25) is 0 Å². The molecule has 0 saturated heterocycles. The highest BCUT2D eigenvalue weighted by Crippen LogP contribution is 2.39. The topological polar surface area (TPSA) is 68.2 Å². The van der Waals surface area contributed by atoms with Crippen molar-refractivity contribution in [2.24, 2.45) is 0 Å². The quantitative estimate of drug-likeness (QED) is 0.818. The van der Waals surface area contributed by atoms with Crippen LogP contribution in [0.5, 0.6) is 17.2 Å². The maximum atomic E-state index is 9.75. The Labute approximate surface area is 101 Å². The molecule has 0 aromatic heterocycles. The van der Waals surface area contributed by atoms with Gasteiger partial charge in [0.05, 0.1) is 20.3 Å². The summed E-state index contributed by atoms with van der Waals surface area (Å²) in [6.45, 7) is 1.62. The number of hydrogen-bond acceptors (Lipinski definition) is 5. The van der Waals surface area contributed by atoms with Crippen LogP contribution in [0.25, 0.3) is 0 Å². The Bertz CT molecular complexity index is 350. The van der Waals surface area contributed by atoms with Gasteiger partial charge in [0.25, 0.3) is 0 Å². The Kier molecular flexibility index (Phi) is 4.60. The molecule has 96 valence electrons. The molecule has 2 N–H and O–H groups in total. The van der Waals surface area contributed by atoms with E-state index in [4.69, 9.17) is 14.2 Å². The fourth-order valence-electron chi connectivity index (χ4n) is 1.69. The van der Waals surface area contributed by atoms with Crippen molar-refractivity contribution in [2.75, 3.05) is 21.3 Å². The van der Waals surface area contributed by atoms with E-state index in [1.165, 1.54) is 21.3 Å². The van der Waals surface area contributed by atoms with E-state index in [9.17, 15) is 10.2 Å². The number of aliphatic hydroxyl groups is 1. The molecule has 0 spiro atoms. The molecule has 5 nitrogen and oxygen atoms in total. The summed E-state index contributed by atoms with van der Waals surface area (Å²) in [6.07, 6.45) is -1.18. The fourth-order valence-corrected chi connectivity index (χ4v) is 1.69. The monoisotopic (exact) mass is 242 g/mol. The molecule has 0 heterocycles. The van der Waals surface area contributed by atoms with E-state index in [1.807, 2.05) is 0 Å². The maximum absolute atomic E-state index is 9.75. The summed E-state index contributed by atoms with van der Waals surface area (Å²) in [4.78, 5) is 0. The highest BCUT2D eigenvalue weighted by atomic mass is 16.5. The number of hydrogen-bond donors (Lipinski definition) is 2. The van der Waals surface area contributed by atoms with Crippen LogP contribution in [0.15, 0.2) is 12.1 Å². The number of ether oxygens (including phenoxy) is 3. The van der Waals surface area contributed by atoms with Gasteiger partial charge in [0.1, 0.15) is 6.10 Å². The predicted molar refractivity (Wildman–Crippen MR) is 62.6 cm³/mol. The first kappa shape index (κ1) is 13.6. The molecule has 1 rings (SSSR count). The van der Waals surface area contributed by atoms with Crippen molar-refractivity contribution in [1.82, 2.24) is 0 Å². The molecule has 2 unspecified atom stereocenters. The predicted octanol–water partition coefficient (Wildman–Crippen LogP) is 1.48. The van der Waals surface area contributed by atoms with Gasteiger partial charge in [-0.1, -0.05) is 0 Å². The SMILES string of the molecule is COc1cc(C(OC)C(C)O)cc(OC)c1O. The molecule has 5 heteroatoms. The average Bonchev–Trinajstić information content (AvgIpc) is 2.31. The molecule has 0 amide bonds. The maximum Gasteiger partial charge on any atom is 0.200 e. The van der Waals surface area contributed by atoms with Gasteiger partial charge in [0.15, 0.2) is 11.5 Å². The van der Waals surface area contributed by atoms with Crippen LogP contribution in [-0.4, -0.2) is 37.6 Å². The standard InChI is InChI=1S/C12H18O5/c1-7(13)12(17-4)8-5-9(15-2)11(14)10(6-8)16-3/h5-7,12-14H,1-4H3. The van der Waals surface area contributed by atoms with Crippen molar-refractivity contribution >= 4 is 0 Å². The van der Waals surface area contributed by atoms with Crippen LogP contribution in [-0.2, 0) is 4.74 Å². The number of phenols is 1. The number of rotatable bonds is 5. The largest absolute Gasteiger partial charge is 0.502 e. The van der Waals surface area contributed by atoms with E-state index in [-0.39, 0.29) is 17.2 Å². The van der Waals surface area contributed by atoms with Crippen molar-refractivity contribution in [2.45, 2.75) is 19.1 Å². The van der Waals surface area contributed by atoms with Gasteiger partial charge in [0, 0.05) is 7.11 Å². The summed E-state index contributed by atoms with van der Waals surface area (Å²) in [6, 6.07) is 3.22. The minimum Gasteiger partial charge on any atom is -0.502 e. The zero-order valence-corrected chi connectivity index (χ0v) is 10.4. The second kappa shape index (κ2) is 5.75. The summed E-state index contributed by atoms with van der Waals surface area (Å²) in [5.74, 6) is 0.489. The van der Waals surface area contributed by atoms with Crippen molar-refractivity contribution in [3.63, 3.8) is 0 Å². The molecule has 0 bridgehead atoms. The second-order valence-electron chi connectivity index (χ2n) is 3.67. The molecular formula is C12H18O5. The number of aromatic hydroxyl groups is 1. The zero-order valence-electron chi connectivity index (χ0n) is 10.4. The van der Waals surface area contributed by atoms with Crippen LogP contribution in [0, 0.1) is 0 Å². The van der Waals surface area contributed by atoms with Crippen LogP contribution in [0.3, 0.4) is 0 Å². The summed E-state index contributed by atoms with van der Waals surface area (Å²) >= 11 is 0. The van der Waals surface area contributed by atoms with Crippen LogP contribution < -0.4 is 9.47 Å². The van der Waals surface area contributed by atoms with Gasteiger partial charge >= 0.3 is 0 Å². The van der Waals surface area contributed by atoms with Gasteiger partial charge in [0.2, 0.25) is 5.75 Å². The first-order valence-corrected chi connectivity index (χ1v) is 5.20. The molecule has 0 aliphatic carbocycles. The Morgan fingerprint density at radius 1 is 1.06 bits per heavy atom. The summed E-state index contributed by atoms with van der Waals surface area (Å²) in [5, 5.41) is 19.3. The molecule has 1 aromatic carbocycles. The summed E-state index contributed by atoms with van der Waals surface area (Å²) in [5.41, 5.74) is 0.675. The van der Waals surface area contributed by atoms with Gasteiger partial charge in [-0.2, -0.15) is 0 Å². The molecule has 0 radical (unpaired) electrons. The summed E-state index contributed by atoms with van der Waals surface area (Å²) < 4.78 is 15.3. The number of aliphatic hydroxyl groups excluding tert-OH is 1. The Morgan fingerprint density at radius 2 is 1.53 bits per heavy atom. The van der Waals surface area contributed by atoms with E-state index >= 15 is 0 Å². The van der Waals surface area contributed by atoms with Crippen molar-refractivity contribution < 1.29 is 24.4 Å². The lowest BCUT2D eigenvalue weighted by Crippen LogP contribution is -2.16. The minimum atomic E-state index is -0.682. The van der Waals surface area contributed by atoms with Crippen LogP contribution in [0.1, 0.15) is 18.6 Å². The van der Waals surface area contributed by atoms with Gasteiger partial charge < -0.3 is 24.4 Å². The third-order valence-electron chi connectivity index (χ3n) is 2.52. The summed E-state index contributed by atoms with van der Waals surface area (Å²) in [7, 11) is 4.40. The van der Waals surface area contributed by atoms with Gasteiger partial charge in [-0.05, 0) is 24.6 Å². The first-order chi connectivity index (χ1) is 8.04. The third kappa shape index (κ3) is 2.81. The Morgan fingerprint density at radius 3 is 1.82 bits per heavy atom. The lowest BCUT2D eigenvalue weighted by atomic mass is 10.0. The van der Waals surface area contributed by atoms with E-state index in [0.717, 1.165) is 0 Å². The number of benzene rings is 1. The third-order valence-corrected chi connectivity index (χ3v) is 2.52. The van der Waals surface area contributed by atoms with Gasteiger partial charge in [-0.15, -0.1) is 0 Å². The van der Waals surface area contributed by atoms with Crippen molar-refractivity contribution in [1.29, 1.82) is 0 Å². The molecule has 0 fully saturated rings. The number of phenolic OH excluding ortho intramolecular Hbond substituents is 1. The van der Waals surface area contributed by atoms with Gasteiger partial charge in [-0.3, -0.25) is 0 Å². The molecule has 0 aliphatic heterocycles. The molecule has 17 heavy (non-hydrogen) atoms. The smallest absolute Gasteiger partial charge is 0.200 e. The zero-order chi connectivity index (χ0) is 13.0. The highest BCUT2D eigenvalue weighted by molar-refractivity contribution is 5.53. The highest BCUT2D eigenvalue weighted by Gasteiger charge is 2.21. The molecule has 2 atom stereocenters. The minimum absolute atomic E-state index is 0.0702. The van der Waals surface area contributed by atoms with Crippen molar-refractivity contribution in [3.05, 3.63) is 17.7 Å². The molecule has 1 aromatic rings. The van der Waals surface area contributed by atoms with E-state index in [1.54, 1.807) is 19.1 Å². The lowest BCUT2D eigenvalue weighted by Gasteiger charge is -2.20. The van der Waals surface area contributed by atoms with E-state index in [0.29, 0.717) is 5.56 Å². The second-order valence-corrected chi connectivity index (χ2v) is 3.67. The lowest BCUT2D eigenvalue weighted by molar-refractivity contribution is -0.00370. The van der Waals surface area contributed by atoms with E-state index in [2.05, 4.69) is 0 Å². The van der Waals surface area contributed by atoms with Crippen LogP contribution >= 0.6 is 0 Å².